The van der Waals surface area contributed by atoms with E-state index < -0.39 is 7.26 Å². The number of benzene rings is 4. The van der Waals surface area contributed by atoms with Crippen LogP contribution in [0.1, 0.15) is 11.1 Å². The molecule has 2 heteroatoms. The third-order valence-electron chi connectivity index (χ3n) is 5.34. The highest BCUT2D eigenvalue weighted by Crippen LogP contribution is 2.59. The monoisotopic (exact) mass is 401 g/mol. The van der Waals surface area contributed by atoms with Crippen molar-refractivity contribution in [1.29, 1.82) is 0 Å². The molecule has 0 aromatic heterocycles. The van der Waals surface area contributed by atoms with Gasteiger partial charge in [0.2, 0.25) is 0 Å². The molecular formula is C26H23ClP+. The van der Waals surface area contributed by atoms with Crippen molar-refractivity contribution in [3.8, 4) is 0 Å². The molecule has 0 unspecified atom stereocenters. The largest absolute Gasteiger partial charge is 0.116 e. The van der Waals surface area contributed by atoms with Gasteiger partial charge in [0, 0.05) is 10.6 Å². The zero-order valence-electron chi connectivity index (χ0n) is 15.9. The first-order chi connectivity index (χ1) is 13.7. The zero-order valence-corrected chi connectivity index (χ0v) is 17.6. The molecule has 0 saturated heterocycles. The van der Waals surface area contributed by atoms with Crippen LogP contribution in [-0.2, 0) is 6.16 Å². The SMILES string of the molecule is Cc1cccc(Cl)c1C[P+](c1ccccc1)(c1ccccc1)c1ccccc1. The molecule has 138 valence electrons. The molecule has 4 rings (SSSR count). The lowest BCUT2D eigenvalue weighted by atomic mass is 10.1. The lowest BCUT2D eigenvalue weighted by Crippen LogP contribution is -2.32. The highest BCUT2D eigenvalue weighted by atomic mass is 35.5. The fourth-order valence-corrected chi connectivity index (χ4v) is 8.63. The van der Waals surface area contributed by atoms with Gasteiger partial charge in [0.1, 0.15) is 29.3 Å². The molecule has 28 heavy (non-hydrogen) atoms. The summed E-state index contributed by atoms with van der Waals surface area (Å²) < 4.78 is 0. The normalized spacial score (nSPS) is 11.4. The van der Waals surface area contributed by atoms with Gasteiger partial charge in [-0.05, 0) is 55.0 Å². The predicted molar refractivity (Wildman–Crippen MR) is 125 cm³/mol. The number of hydrogen-bond acceptors (Lipinski definition) is 0. The van der Waals surface area contributed by atoms with Crippen molar-refractivity contribution < 1.29 is 0 Å². The summed E-state index contributed by atoms with van der Waals surface area (Å²) in [5.41, 5.74) is 2.49. The second-order valence-electron chi connectivity index (χ2n) is 7.01. The van der Waals surface area contributed by atoms with Crippen LogP contribution < -0.4 is 15.9 Å². The zero-order chi connectivity index (χ0) is 19.4. The van der Waals surface area contributed by atoms with Gasteiger partial charge in [-0.3, -0.25) is 0 Å². The average molecular weight is 402 g/mol. The molecule has 0 radical (unpaired) electrons. The van der Waals surface area contributed by atoms with Gasteiger partial charge < -0.3 is 0 Å². The minimum absolute atomic E-state index is 0.854. The highest BCUT2D eigenvalue weighted by Gasteiger charge is 2.45. The topological polar surface area (TPSA) is 0 Å². The van der Waals surface area contributed by atoms with Crippen LogP contribution in [0.25, 0.3) is 0 Å². The van der Waals surface area contributed by atoms with Gasteiger partial charge in [-0.1, -0.05) is 78.3 Å². The van der Waals surface area contributed by atoms with Crippen LogP contribution in [0.3, 0.4) is 0 Å². The van der Waals surface area contributed by atoms with E-state index in [9.17, 15) is 0 Å². The van der Waals surface area contributed by atoms with E-state index in [1.54, 1.807) is 0 Å². The highest BCUT2D eigenvalue weighted by molar-refractivity contribution is 7.95. The molecule has 0 fully saturated rings. The number of aryl methyl sites for hydroxylation is 1. The van der Waals surface area contributed by atoms with E-state index in [1.165, 1.54) is 27.0 Å². The molecule has 0 nitrogen and oxygen atoms in total. The molecular weight excluding hydrogens is 379 g/mol. The van der Waals surface area contributed by atoms with Crippen LogP contribution in [0.15, 0.2) is 109 Å². The van der Waals surface area contributed by atoms with E-state index in [4.69, 9.17) is 11.6 Å². The summed E-state index contributed by atoms with van der Waals surface area (Å²) in [6, 6.07) is 39.0. The Labute approximate surface area is 173 Å². The van der Waals surface area contributed by atoms with E-state index in [1.807, 2.05) is 12.1 Å². The molecule has 0 atom stereocenters. The first-order valence-corrected chi connectivity index (χ1v) is 11.9. The summed E-state index contributed by atoms with van der Waals surface area (Å²) in [5.74, 6) is 0. The molecule has 0 aliphatic rings. The van der Waals surface area contributed by atoms with Gasteiger partial charge in [-0.2, -0.15) is 0 Å². The molecule has 0 heterocycles. The molecule has 0 amide bonds. The van der Waals surface area contributed by atoms with Crippen molar-refractivity contribution in [2.75, 3.05) is 0 Å². The fraction of sp³-hybridized carbons (Fsp3) is 0.0769. The molecule has 4 aromatic rings. The summed E-state index contributed by atoms with van der Waals surface area (Å²) in [6.45, 7) is 2.16. The van der Waals surface area contributed by atoms with E-state index in [2.05, 4.69) is 104 Å². The van der Waals surface area contributed by atoms with Crippen molar-refractivity contribution in [3.05, 3.63) is 125 Å². The molecule has 0 N–H and O–H groups in total. The molecule has 4 aromatic carbocycles. The Morgan fingerprint density at radius 2 is 1.00 bits per heavy atom. The van der Waals surface area contributed by atoms with Crippen LogP contribution in [0.4, 0.5) is 0 Å². The summed E-state index contributed by atoms with van der Waals surface area (Å²) in [6.07, 6.45) is 0.913. The molecule has 0 aliphatic heterocycles. The Kier molecular flexibility index (Phi) is 5.62. The standard InChI is InChI=1S/C26H23ClP/c1-21-12-11-19-26(27)25(21)20-28(22-13-5-2-6-14-22,23-15-7-3-8-16-23)24-17-9-4-10-18-24/h2-19H,20H2,1H3/q+1. The Hall–Kier alpha value is -2.40. The molecule has 0 bridgehead atoms. The van der Waals surface area contributed by atoms with Crippen molar-refractivity contribution in [2.24, 2.45) is 0 Å². The third kappa shape index (κ3) is 3.51. The maximum Gasteiger partial charge on any atom is 0.116 e. The van der Waals surface area contributed by atoms with E-state index >= 15 is 0 Å². The Morgan fingerprint density at radius 1 is 0.571 bits per heavy atom. The van der Waals surface area contributed by atoms with Crippen molar-refractivity contribution in [3.63, 3.8) is 0 Å². The number of rotatable bonds is 5. The van der Waals surface area contributed by atoms with Crippen molar-refractivity contribution >= 4 is 34.8 Å². The van der Waals surface area contributed by atoms with Gasteiger partial charge in [0.25, 0.3) is 0 Å². The minimum Gasteiger partial charge on any atom is -0.0839 e. The number of halogens is 1. The van der Waals surface area contributed by atoms with Gasteiger partial charge in [-0.15, -0.1) is 0 Å². The van der Waals surface area contributed by atoms with Crippen LogP contribution in [-0.4, -0.2) is 0 Å². The number of hydrogen-bond donors (Lipinski definition) is 0. The third-order valence-corrected chi connectivity index (χ3v) is 10.0. The quantitative estimate of drug-likeness (QED) is 0.352. The van der Waals surface area contributed by atoms with Gasteiger partial charge in [0.15, 0.2) is 0 Å². The lowest BCUT2D eigenvalue weighted by Gasteiger charge is -2.28. The first kappa shape index (κ1) is 18.9. The minimum atomic E-state index is -1.91. The van der Waals surface area contributed by atoms with E-state index in [0.717, 1.165) is 11.2 Å². The average Bonchev–Trinajstić information content (AvgIpc) is 2.76. The Bertz CT molecular complexity index is 927. The molecule has 0 saturated carbocycles. The second-order valence-corrected chi connectivity index (χ2v) is 10.9. The molecule has 0 spiro atoms. The van der Waals surface area contributed by atoms with Crippen LogP contribution >= 0.6 is 18.9 Å². The first-order valence-electron chi connectivity index (χ1n) is 9.51. The summed E-state index contributed by atoms with van der Waals surface area (Å²) in [5, 5.41) is 5.00. The summed E-state index contributed by atoms with van der Waals surface area (Å²) in [7, 11) is -1.91. The second kappa shape index (κ2) is 8.31. The van der Waals surface area contributed by atoms with Crippen LogP contribution in [0.2, 0.25) is 5.02 Å². The maximum atomic E-state index is 6.72. The summed E-state index contributed by atoms with van der Waals surface area (Å²) in [4.78, 5) is 0. The predicted octanol–water partition coefficient (Wildman–Crippen LogP) is 6.14. The van der Waals surface area contributed by atoms with Crippen LogP contribution in [0, 0.1) is 6.92 Å². The Balaban J connectivity index is 2.04. The smallest absolute Gasteiger partial charge is 0.0839 e. The van der Waals surface area contributed by atoms with Gasteiger partial charge in [-0.25, -0.2) is 0 Å². The Morgan fingerprint density at radius 3 is 1.39 bits per heavy atom. The van der Waals surface area contributed by atoms with Crippen molar-refractivity contribution in [1.82, 2.24) is 0 Å². The van der Waals surface area contributed by atoms with Crippen LogP contribution in [0.5, 0.6) is 0 Å². The van der Waals surface area contributed by atoms with Gasteiger partial charge in [0.05, 0.1) is 0 Å². The van der Waals surface area contributed by atoms with Gasteiger partial charge >= 0.3 is 0 Å². The van der Waals surface area contributed by atoms with Crippen molar-refractivity contribution in [2.45, 2.75) is 13.1 Å². The lowest BCUT2D eigenvalue weighted by molar-refractivity contribution is 1.29. The maximum absolute atomic E-state index is 6.72. The summed E-state index contributed by atoms with van der Waals surface area (Å²) >= 11 is 6.72. The molecule has 0 aliphatic carbocycles. The fourth-order valence-electron chi connectivity index (χ4n) is 3.87. The van der Waals surface area contributed by atoms with E-state index in [0.29, 0.717) is 0 Å². The van der Waals surface area contributed by atoms with E-state index in [-0.39, 0.29) is 0 Å².